The summed E-state index contributed by atoms with van der Waals surface area (Å²) in [7, 11) is 1.59. The number of rotatable bonds is 7. The number of nitrogens with one attached hydrogen (secondary N) is 1. The first-order valence-electron chi connectivity index (χ1n) is 10.5. The van der Waals surface area contributed by atoms with Crippen LogP contribution < -0.4 is 10.1 Å². The van der Waals surface area contributed by atoms with Crippen LogP contribution in [0, 0.1) is 17.6 Å². The minimum absolute atomic E-state index is 0.0599. The van der Waals surface area contributed by atoms with Crippen molar-refractivity contribution in [3.05, 3.63) is 65.0 Å². The fourth-order valence-electron chi connectivity index (χ4n) is 3.83. The molecule has 2 heterocycles. The number of piperidine rings is 1. The average molecular weight is 472 g/mol. The molecular formula is C24H23F2N3O3S. The quantitative estimate of drug-likeness (QED) is 0.509. The Kier molecular flexibility index (Phi) is 7.10. The zero-order valence-electron chi connectivity index (χ0n) is 18.0. The number of amides is 1. The third kappa shape index (κ3) is 5.61. The van der Waals surface area contributed by atoms with E-state index in [0.29, 0.717) is 53.6 Å². The Bertz CT molecular complexity index is 1140. The molecule has 1 N–H and O–H groups in total. The Balaban J connectivity index is 1.27. The Morgan fingerprint density at radius 1 is 1.12 bits per heavy atom. The maximum absolute atomic E-state index is 13.4. The number of aromatic nitrogens is 1. The van der Waals surface area contributed by atoms with Crippen LogP contribution in [0.5, 0.6) is 5.75 Å². The summed E-state index contributed by atoms with van der Waals surface area (Å²) in [6, 6.07) is 10.7. The van der Waals surface area contributed by atoms with E-state index in [2.05, 4.69) is 10.3 Å². The van der Waals surface area contributed by atoms with E-state index in [1.165, 1.54) is 17.4 Å². The Labute approximate surface area is 194 Å². The Hall–Kier alpha value is -3.17. The molecule has 9 heteroatoms. The van der Waals surface area contributed by atoms with Gasteiger partial charge in [0.25, 0.3) is 0 Å². The number of benzene rings is 2. The van der Waals surface area contributed by atoms with Gasteiger partial charge in [0.1, 0.15) is 5.75 Å². The third-order valence-electron chi connectivity index (χ3n) is 5.67. The number of hydrogen-bond donors (Lipinski definition) is 1. The van der Waals surface area contributed by atoms with Crippen LogP contribution in [0.3, 0.4) is 0 Å². The van der Waals surface area contributed by atoms with Gasteiger partial charge in [-0.15, -0.1) is 11.3 Å². The van der Waals surface area contributed by atoms with Crippen molar-refractivity contribution in [2.75, 3.05) is 32.1 Å². The van der Waals surface area contributed by atoms with Gasteiger partial charge in [0, 0.05) is 22.4 Å². The highest BCUT2D eigenvalue weighted by atomic mass is 32.1. The number of Topliss-reactive ketones (excluding diaryl/α,β-unsaturated/α-hetero) is 1. The van der Waals surface area contributed by atoms with Gasteiger partial charge >= 0.3 is 0 Å². The number of thiazole rings is 1. The lowest BCUT2D eigenvalue weighted by Crippen LogP contribution is -2.40. The summed E-state index contributed by atoms with van der Waals surface area (Å²) < 4.78 is 31.7. The first-order valence-corrected chi connectivity index (χ1v) is 11.4. The number of anilines is 1. The molecule has 0 aliphatic carbocycles. The third-order valence-corrected chi connectivity index (χ3v) is 6.42. The highest BCUT2D eigenvalue weighted by Crippen LogP contribution is 2.27. The molecule has 1 aliphatic heterocycles. The molecular weight excluding hydrogens is 448 g/mol. The van der Waals surface area contributed by atoms with Crippen LogP contribution in [0.15, 0.2) is 47.8 Å². The summed E-state index contributed by atoms with van der Waals surface area (Å²) in [6.45, 7) is 1.50. The van der Waals surface area contributed by atoms with Gasteiger partial charge in [0.15, 0.2) is 22.5 Å². The lowest BCUT2D eigenvalue weighted by Gasteiger charge is -2.30. The summed E-state index contributed by atoms with van der Waals surface area (Å²) in [6.07, 6.45) is 1.38. The number of ether oxygens (including phenoxy) is 1. The van der Waals surface area contributed by atoms with Crippen LogP contribution in [0.2, 0.25) is 0 Å². The normalized spacial score (nSPS) is 14.8. The number of carbonyl (C=O) groups is 2. The van der Waals surface area contributed by atoms with E-state index in [9.17, 15) is 18.4 Å². The molecule has 1 saturated heterocycles. The molecule has 1 aromatic heterocycles. The van der Waals surface area contributed by atoms with Gasteiger partial charge in [0.2, 0.25) is 5.91 Å². The molecule has 2 aromatic carbocycles. The second-order valence-corrected chi connectivity index (χ2v) is 8.72. The van der Waals surface area contributed by atoms with E-state index in [4.69, 9.17) is 4.74 Å². The van der Waals surface area contributed by atoms with Gasteiger partial charge in [0.05, 0.1) is 19.3 Å². The van der Waals surface area contributed by atoms with Gasteiger partial charge in [-0.3, -0.25) is 14.5 Å². The van der Waals surface area contributed by atoms with Gasteiger partial charge in [-0.25, -0.2) is 13.8 Å². The molecule has 6 nitrogen and oxygen atoms in total. The van der Waals surface area contributed by atoms with E-state index < -0.39 is 11.6 Å². The van der Waals surface area contributed by atoms with Crippen LogP contribution >= 0.6 is 11.3 Å². The van der Waals surface area contributed by atoms with Gasteiger partial charge in [-0.1, -0.05) is 0 Å². The molecule has 4 rings (SSSR count). The topological polar surface area (TPSA) is 71.5 Å². The van der Waals surface area contributed by atoms with Crippen molar-refractivity contribution in [3.8, 4) is 17.0 Å². The fourth-order valence-corrected chi connectivity index (χ4v) is 4.56. The predicted molar refractivity (Wildman–Crippen MR) is 123 cm³/mol. The zero-order chi connectivity index (χ0) is 23.4. The van der Waals surface area contributed by atoms with Crippen LogP contribution in [0.1, 0.15) is 23.2 Å². The highest BCUT2D eigenvalue weighted by molar-refractivity contribution is 7.14. The van der Waals surface area contributed by atoms with Crippen LogP contribution in [0.4, 0.5) is 13.9 Å². The predicted octanol–water partition coefficient (Wildman–Crippen LogP) is 4.63. The second kappa shape index (κ2) is 10.2. The summed E-state index contributed by atoms with van der Waals surface area (Å²) in [5.74, 6) is -1.30. The van der Waals surface area contributed by atoms with E-state index >= 15 is 0 Å². The first-order chi connectivity index (χ1) is 15.9. The fraction of sp³-hybridized carbons (Fsp3) is 0.292. The number of methoxy groups -OCH3 is 1. The van der Waals surface area contributed by atoms with E-state index in [1.807, 2.05) is 4.90 Å². The molecule has 33 heavy (non-hydrogen) atoms. The number of likely N-dealkylation sites (tertiary alicyclic amines) is 1. The maximum atomic E-state index is 13.4. The molecule has 1 fully saturated rings. The monoisotopic (exact) mass is 471 g/mol. The summed E-state index contributed by atoms with van der Waals surface area (Å²) >= 11 is 1.22. The molecule has 172 valence electrons. The van der Waals surface area contributed by atoms with Crippen molar-refractivity contribution in [2.45, 2.75) is 12.8 Å². The maximum Gasteiger partial charge on any atom is 0.240 e. The number of nitrogens with zero attached hydrogens (tertiary/aromatic N) is 2. The van der Waals surface area contributed by atoms with Crippen molar-refractivity contribution in [3.63, 3.8) is 0 Å². The Morgan fingerprint density at radius 2 is 1.85 bits per heavy atom. The van der Waals surface area contributed by atoms with E-state index in [0.717, 1.165) is 12.1 Å². The van der Waals surface area contributed by atoms with E-state index in [1.54, 1.807) is 36.8 Å². The number of carbonyl (C=O) groups excluding carboxylic acids is 2. The van der Waals surface area contributed by atoms with Crippen molar-refractivity contribution in [1.29, 1.82) is 0 Å². The van der Waals surface area contributed by atoms with Crippen molar-refractivity contribution >= 4 is 28.2 Å². The van der Waals surface area contributed by atoms with Crippen molar-refractivity contribution in [1.82, 2.24) is 9.88 Å². The first kappa shape index (κ1) is 23.0. The van der Waals surface area contributed by atoms with Crippen molar-refractivity contribution < 1.29 is 23.1 Å². The number of hydrogen-bond acceptors (Lipinski definition) is 6. The van der Waals surface area contributed by atoms with Gasteiger partial charge in [-0.2, -0.15) is 0 Å². The molecule has 1 aliphatic rings. The second-order valence-electron chi connectivity index (χ2n) is 7.86. The molecule has 3 aromatic rings. The average Bonchev–Trinajstić information content (AvgIpc) is 3.29. The molecule has 0 saturated carbocycles. The molecule has 0 spiro atoms. The number of halogens is 2. The number of ketones is 1. The standard InChI is InChI=1S/C24H23F2N3O3S/c1-32-18-5-2-15(3-6-18)23(31)16-8-10-29(11-9-16)13-22(30)28-24-27-21(14-33-24)17-4-7-19(25)20(26)12-17/h2-7,12,14,16H,8-11,13H2,1H3,(H,27,28,30). The summed E-state index contributed by atoms with van der Waals surface area (Å²) in [5.41, 5.74) is 1.58. The van der Waals surface area contributed by atoms with Crippen LogP contribution in [-0.2, 0) is 4.79 Å². The van der Waals surface area contributed by atoms with Crippen LogP contribution in [0.25, 0.3) is 11.3 Å². The molecule has 0 bridgehead atoms. The summed E-state index contributed by atoms with van der Waals surface area (Å²) in [4.78, 5) is 31.5. The minimum atomic E-state index is -0.944. The largest absolute Gasteiger partial charge is 0.497 e. The molecule has 0 atom stereocenters. The van der Waals surface area contributed by atoms with Gasteiger partial charge < -0.3 is 10.1 Å². The zero-order valence-corrected chi connectivity index (χ0v) is 18.8. The summed E-state index contributed by atoms with van der Waals surface area (Å²) in [5, 5.41) is 4.83. The molecule has 0 radical (unpaired) electrons. The lowest BCUT2D eigenvalue weighted by atomic mass is 9.89. The molecule has 0 unspecified atom stereocenters. The minimum Gasteiger partial charge on any atom is -0.497 e. The highest BCUT2D eigenvalue weighted by Gasteiger charge is 2.27. The SMILES string of the molecule is COc1ccc(C(=O)C2CCN(CC(=O)Nc3nc(-c4ccc(F)c(F)c4)cs3)CC2)cc1. The van der Waals surface area contributed by atoms with Crippen LogP contribution in [-0.4, -0.2) is 48.3 Å². The smallest absolute Gasteiger partial charge is 0.240 e. The molecule has 1 amide bonds. The lowest BCUT2D eigenvalue weighted by molar-refractivity contribution is -0.117. The van der Waals surface area contributed by atoms with E-state index in [-0.39, 0.29) is 24.2 Å². The van der Waals surface area contributed by atoms with Crippen molar-refractivity contribution in [2.24, 2.45) is 5.92 Å². The van der Waals surface area contributed by atoms with Gasteiger partial charge in [-0.05, 0) is 68.4 Å². The Morgan fingerprint density at radius 3 is 2.52 bits per heavy atom.